The third-order valence-corrected chi connectivity index (χ3v) is 4.84. The molecule has 1 aliphatic rings. The molecule has 3 heterocycles. The summed E-state index contributed by atoms with van der Waals surface area (Å²) < 4.78 is 0. The molecule has 4 rings (SSSR count). The van der Waals surface area contributed by atoms with Gasteiger partial charge in [0, 0.05) is 36.5 Å². The van der Waals surface area contributed by atoms with Crippen molar-refractivity contribution < 1.29 is 0 Å². The molecule has 0 unspecified atom stereocenters. The van der Waals surface area contributed by atoms with Gasteiger partial charge in [0.25, 0.3) is 0 Å². The van der Waals surface area contributed by atoms with Crippen molar-refractivity contribution >= 4 is 11.8 Å². The molecule has 25 heavy (non-hydrogen) atoms. The first-order valence-electron chi connectivity index (χ1n) is 8.64. The summed E-state index contributed by atoms with van der Waals surface area (Å²) >= 11 is 0. The molecule has 1 aliphatic heterocycles. The van der Waals surface area contributed by atoms with Gasteiger partial charge in [-0.15, -0.1) is 0 Å². The summed E-state index contributed by atoms with van der Waals surface area (Å²) in [6.45, 7) is 3.99. The number of aryl methyl sites for hydroxylation is 1. The monoisotopic (exact) mass is 334 g/mol. The Morgan fingerprint density at radius 2 is 2.04 bits per heavy atom. The Hall–Kier alpha value is -2.89. The normalized spacial score (nSPS) is 17.6. The topological polar surface area (TPSA) is 83.7 Å². The van der Waals surface area contributed by atoms with Crippen molar-refractivity contribution in [2.45, 2.75) is 25.7 Å². The lowest BCUT2D eigenvalue weighted by Crippen LogP contribution is -2.35. The third kappa shape index (κ3) is 3.20. The van der Waals surface area contributed by atoms with Gasteiger partial charge in [0.15, 0.2) is 0 Å². The minimum Gasteiger partial charge on any atom is -0.368 e. The van der Waals surface area contributed by atoms with E-state index in [4.69, 9.17) is 5.73 Å². The number of anilines is 2. The van der Waals surface area contributed by atoms with Gasteiger partial charge in [-0.1, -0.05) is 29.8 Å². The fourth-order valence-electron chi connectivity index (χ4n) is 3.53. The van der Waals surface area contributed by atoms with Crippen LogP contribution in [0.3, 0.4) is 0 Å². The van der Waals surface area contributed by atoms with E-state index < -0.39 is 0 Å². The summed E-state index contributed by atoms with van der Waals surface area (Å²) in [5.41, 5.74) is 10.6. The number of nitrogen functional groups attached to an aromatic ring is 1. The van der Waals surface area contributed by atoms with E-state index in [1.165, 1.54) is 22.4 Å². The quantitative estimate of drug-likeness (QED) is 0.769. The van der Waals surface area contributed by atoms with E-state index in [0.29, 0.717) is 11.9 Å². The number of piperidine rings is 1. The summed E-state index contributed by atoms with van der Waals surface area (Å²) in [6, 6.07) is 10.5. The molecule has 1 saturated heterocycles. The van der Waals surface area contributed by atoms with Crippen LogP contribution in [0, 0.1) is 6.92 Å². The molecule has 0 amide bonds. The highest BCUT2D eigenvalue weighted by Gasteiger charge is 2.26. The van der Waals surface area contributed by atoms with Gasteiger partial charge in [-0.05, 0) is 31.4 Å². The van der Waals surface area contributed by atoms with E-state index in [-0.39, 0.29) is 0 Å². The summed E-state index contributed by atoms with van der Waals surface area (Å²) in [7, 11) is 0. The highest BCUT2D eigenvalue weighted by Crippen LogP contribution is 2.34. The highest BCUT2D eigenvalue weighted by molar-refractivity contribution is 5.66. The molecule has 1 aromatic carbocycles. The maximum Gasteiger partial charge on any atom is 0.221 e. The lowest BCUT2D eigenvalue weighted by Gasteiger charge is -2.33. The van der Waals surface area contributed by atoms with Gasteiger partial charge >= 0.3 is 0 Å². The first-order valence-corrected chi connectivity index (χ1v) is 8.64. The molecule has 3 N–H and O–H groups in total. The van der Waals surface area contributed by atoms with Crippen LogP contribution in [0.15, 0.2) is 42.7 Å². The van der Waals surface area contributed by atoms with Crippen molar-refractivity contribution in [1.29, 1.82) is 0 Å². The van der Waals surface area contributed by atoms with Crippen LogP contribution in [0.5, 0.6) is 0 Å². The zero-order valence-corrected chi connectivity index (χ0v) is 14.3. The van der Waals surface area contributed by atoms with Crippen LogP contribution in [0.1, 0.15) is 30.0 Å². The molecule has 1 atom stereocenters. The van der Waals surface area contributed by atoms with Crippen LogP contribution in [0.2, 0.25) is 0 Å². The van der Waals surface area contributed by atoms with E-state index in [1.54, 1.807) is 6.20 Å². The number of benzene rings is 1. The van der Waals surface area contributed by atoms with Crippen LogP contribution < -0.4 is 10.6 Å². The number of nitrogens with one attached hydrogen (secondary N) is 1. The molecular formula is C19H22N6. The van der Waals surface area contributed by atoms with Crippen molar-refractivity contribution in [2.24, 2.45) is 0 Å². The van der Waals surface area contributed by atoms with Crippen LogP contribution >= 0.6 is 0 Å². The van der Waals surface area contributed by atoms with Crippen LogP contribution in [-0.4, -0.2) is 33.3 Å². The number of hydrogen-bond acceptors (Lipinski definition) is 5. The zero-order chi connectivity index (χ0) is 17.2. The van der Waals surface area contributed by atoms with E-state index in [9.17, 15) is 0 Å². The minimum absolute atomic E-state index is 0.321. The maximum atomic E-state index is 5.74. The number of nitrogens with zero attached hydrogens (tertiary/aromatic N) is 4. The number of rotatable bonds is 3. The van der Waals surface area contributed by atoms with E-state index >= 15 is 0 Å². The second kappa shape index (κ2) is 6.55. The Bertz CT molecular complexity index is 854. The van der Waals surface area contributed by atoms with Gasteiger partial charge in [-0.25, -0.2) is 4.98 Å². The first-order chi connectivity index (χ1) is 12.2. The van der Waals surface area contributed by atoms with Gasteiger partial charge in [-0.2, -0.15) is 10.1 Å². The number of nitrogens with two attached hydrogens (primary N) is 1. The minimum atomic E-state index is 0.321. The van der Waals surface area contributed by atoms with Gasteiger partial charge in [-0.3, -0.25) is 5.10 Å². The molecule has 128 valence electrons. The highest BCUT2D eigenvalue weighted by atomic mass is 15.2. The smallest absolute Gasteiger partial charge is 0.221 e. The van der Waals surface area contributed by atoms with Crippen LogP contribution in [0.25, 0.3) is 11.1 Å². The summed E-state index contributed by atoms with van der Waals surface area (Å²) in [5.74, 6) is 1.61. The Morgan fingerprint density at radius 1 is 1.20 bits per heavy atom. The van der Waals surface area contributed by atoms with Crippen molar-refractivity contribution in [3.8, 4) is 11.1 Å². The van der Waals surface area contributed by atoms with Crippen LogP contribution in [-0.2, 0) is 0 Å². The molecule has 0 spiro atoms. The van der Waals surface area contributed by atoms with Gasteiger partial charge < -0.3 is 10.6 Å². The van der Waals surface area contributed by atoms with Crippen molar-refractivity contribution in [3.05, 3.63) is 54.0 Å². The average molecular weight is 334 g/mol. The molecule has 0 saturated carbocycles. The molecule has 3 aromatic rings. The average Bonchev–Trinajstić information content (AvgIpc) is 3.12. The molecule has 2 aromatic heterocycles. The molecule has 6 heteroatoms. The fraction of sp³-hybridized carbons (Fsp3) is 0.316. The first kappa shape index (κ1) is 15.6. The molecule has 0 aliphatic carbocycles. The van der Waals surface area contributed by atoms with Crippen LogP contribution in [0.4, 0.5) is 11.8 Å². The Labute approximate surface area is 147 Å². The Balaban J connectivity index is 1.60. The predicted molar refractivity (Wildman–Crippen MR) is 99.4 cm³/mol. The fourth-order valence-corrected chi connectivity index (χ4v) is 3.53. The van der Waals surface area contributed by atoms with Gasteiger partial charge in [0.05, 0.1) is 6.20 Å². The number of aromatic amines is 1. The third-order valence-electron chi connectivity index (χ3n) is 4.84. The lowest BCUT2D eigenvalue weighted by atomic mass is 9.90. The largest absolute Gasteiger partial charge is 0.368 e. The molecule has 1 fully saturated rings. The van der Waals surface area contributed by atoms with E-state index in [2.05, 4.69) is 56.3 Å². The van der Waals surface area contributed by atoms with E-state index in [1.807, 2.05) is 12.3 Å². The lowest BCUT2D eigenvalue weighted by molar-refractivity contribution is 0.498. The maximum absolute atomic E-state index is 5.74. The van der Waals surface area contributed by atoms with Gasteiger partial charge in [0.2, 0.25) is 5.95 Å². The zero-order valence-electron chi connectivity index (χ0n) is 14.3. The molecule has 0 radical (unpaired) electrons. The second-order valence-electron chi connectivity index (χ2n) is 6.62. The molecule has 6 nitrogen and oxygen atoms in total. The van der Waals surface area contributed by atoms with Crippen molar-refractivity contribution in [3.63, 3.8) is 0 Å². The molecule has 0 bridgehead atoms. The standard InChI is InChI=1S/C19H22N6/c1-13-4-6-14(7-5-13)16-11-22-24-18(16)15-3-2-10-25(12-15)17-8-9-21-19(20)23-17/h4-9,11,15H,2-3,10,12H2,1H3,(H,22,24)(H2,20,21,23)/t15-/m1/s1. The number of H-pyrrole nitrogens is 1. The van der Waals surface area contributed by atoms with Crippen molar-refractivity contribution in [2.75, 3.05) is 23.7 Å². The number of hydrogen-bond donors (Lipinski definition) is 2. The summed E-state index contributed by atoms with van der Waals surface area (Å²) in [6.07, 6.45) is 5.90. The Morgan fingerprint density at radius 3 is 2.84 bits per heavy atom. The SMILES string of the molecule is Cc1ccc(-c2cn[nH]c2[C@@H]2CCCN(c3ccnc(N)n3)C2)cc1. The predicted octanol–water partition coefficient (Wildman–Crippen LogP) is 3.14. The summed E-state index contributed by atoms with van der Waals surface area (Å²) in [4.78, 5) is 10.6. The second-order valence-corrected chi connectivity index (χ2v) is 6.62. The van der Waals surface area contributed by atoms with E-state index in [0.717, 1.165) is 31.7 Å². The number of aromatic nitrogens is 4. The Kier molecular flexibility index (Phi) is 4.09. The van der Waals surface area contributed by atoms with Crippen molar-refractivity contribution in [1.82, 2.24) is 20.2 Å². The molecular weight excluding hydrogens is 312 g/mol. The summed E-state index contributed by atoms with van der Waals surface area (Å²) in [5, 5.41) is 7.56. The van der Waals surface area contributed by atoms with Gasteiger partial charge in [0.1, 0.15) is 5.82 Å².